The first-order valence-electron chi connectivity index (χ1n) is 9.55. The van der Waals surface area contributed by atoms with Crippen molar-refractivity contribution in [3.63, 3.8) is 0 Å². The average molecular weight is 396 g/mol. The molecule has 6 heteroatoms. The molecule has 1 N–H and O–H groups in total. The molecule has 1 fully saturated rings. The fourth-order valence-electron chi connectivity index (χ4n) is 3.66. The van der Waals surface area contributed by atoms with Gasteiger partial charge >= 0.3 is 6.03 Å². The fraction of sp³-hybridized carbons (Fsp3) is 0.273. The second-order valence-corrected chi connectivity index (χ2v) is 7.49. The second-order valence-electron chi connectivity index (χ2n) is 7.06. The Balaban J connectivity index is 1.70. The highest BCUT2D eigenvalue weighted by molar-refractivity contribution is 6.31. The van der Waals surface area contributed by atoms with Crippen molar-refractivity contribution in [3.05, 3.63) is 75.5 Å². The number of benzene rings is 2. The summed E-state index contributed by atoms with van der Waals surface area (Å²) in [4.78, 5) is 27.2. The van der Waals surface area contributed by atoms with Crippen molar-refractivity contribution in [1.82, 2.24) is 14.8 Å². The molecule has 5 nitrogen and oxygen atoms in total. The van der Waals surface area contributed by atoms with Crippen molar-refractivity contribution in [2.45, 2.75) is 25.8 Å². The van der Waals surface area contributed by atoms with Gasteiger partial charge in [0.2, 0.25) is 0 Å². The van der Waals surface area contributed by atoms with Crippen LogP contribution in [0.2, 0.25) is 5.02 Å². The Morgan fingerprint density at radius 2 is 1.79 bits per heavy atom. The smallest absolute Gasteiger partial charge is 0.317 e. The second kappa shape index (κ2) is 8.07. The molecule has 1 aliphatic heterocycles. The predicted molar refractivity (Wildman–Crippen MR) is 112 cm³/mol. The number of carbonyl (C=O) groups excluding carboxylic acids is 1. The molecule has 28 heavy (non-hydrogen) atoms. The Morgan fingerprint density at radius 1 is 1.04 bits per heavy atom. The van der Waals surface area contributed by atoms with Gasteiger partial charge in [0, 0.05) is 47.5 Å². The molecule has 144 valence electrons. The molecule has 2 heterocycles. The molecule has 0 bridgehead atoms. The minimum Gasteiger partial charge on any atom is -0.334 e. The lowest BCUT2D eigenvalue weighted by atomic mass is 10.1. The molecule has 1 aliphatic rings. The Labute approximate surface area is 168 Å². The summed E-state index contributed by atoms with van der Waals surface area (Å²) >= 11 is 6.18. The number of rotatable bonds is 3. The van der Waals surface area contributed by atoms with Crippen LogP contribution in [-0.2, 0) is 6.54 Å². The summed E-state index contributed by atoms with van der Waals surface area (Å²) in [7, 11) is 0. The minimum atomic E-state index is -0.110. The van der Waals surface area contributed by atoms with E-state index in [-0.39, 0.29) is 18.0 Å². The van der Waals surface area contributed by atoms with Gasteiger partial charge in [0.15, 0.2) is 5.43 Å². The molecule has 0 aliphatic carbocycles. The van der Waals surface area contributed by atoms with Crippen molar-refractivity contribution in [2.75, 3.05) is 13.1 Å². The highest BCUT2D eigenvalue weighted by Gasteiger charge is 2.17. The Kier molecular flexibility index (Phi) is 5.35. The van der Waals surface area contributed by atoms with E-state index in [9.17, 15) is 9.59 Å². The zero-order valence-corrected chi connectivity index (χ0v) is 16.3. The van der Waals surface area contributed by atoms with Crippen molar-refractivity contribution in [3.8, 4) is 5.69 Å². The van der Waals surface area contributed by atoms with Crippen LogP contribution in [0.3, 0.4) is 0 Å². The molecule has 2 amide bonds. The van der Waals surface area contributed by atoms with Crippen molar-refractivity contribution in [2.24, 2.45) is 0 Å². The predicted octanol–water partition coefficient (Wildman–Crippen LogP) is 4.34. The number of pyridine rings is 1. The van der Waals surface area contributed by atoms with Crippen LogP contribution in [0.25, 0.3) is 16.6 Å². The number of urea groups is 1. The molecule has 0 radical (unpaired) electrons. The molecule has 2 aromatic carbocycles. The van der Waals surface area contributed by atoms with E-state index < -0.39 is 0 Å². The van der Waals surface area contributed by atoms with E-state index in [1.165, 1.54) is 6.42 Å². The lowest BCUT2D eigenvalue weighted by molar-refractivity contribution is 0.186. The summed E-state index contributed by atoms with van der Waals surface area (Å²) in [5, 5.41) is 4.07. The third kappa shape index (κ3) is 3.76. The van der Waals surface area contributed by atoms with Gasteiger partial charge in [-0.2, -0.15) is 0 Å². The van der Waals surface area contributed by atoms with Gasteiger partial charge in [-0.1, -0.05) is 29.8 Å². The molecule has 1 saturated heterocycles. The number of nitrogens with zero attached hydrogens (tertiary/aromatic N) is 2. The number of hydrogen-bond acceptors (Lipinski definition) is 2. The molecular weight excluding hydrogens is 374 g/mol. The number of halogens is 1. The number of piperidine rings is 1. The highest BCUT2D eigenvalue weighted by Crippen LogP contribution is 2.21. The van der Waals surface area contributed by atoms with E-state index in [1.807, 2.05) is 39.8 Å². The summed E-state index contributed by atoms with van der Waals surface area (Å²) in [5.41, 5.74) is 2.13. The normalized spacial score (nSPS) is 14.2. The molecule has 4 rings (SSSR count). The molecule has 3 aromatic rings. The van der Waals surface area contributed by atoms with Gasteiger partial charge in [-0.3, -0.25) is 4.79 Å². The molecule has 0 unspecified atom stereocenters. The fourth-order valence-corrected chi connectivity index (χ4v) is 3.83. The van der Waals surface area contributed by atoms with E-state index in [0.717, 1.165) is 37.1 Å². The highest BCUT2D eigenvalue weighted by atomic mass is 35.5. The number of amides is 2. The van der Waals surface area contributed by atoms with E-state index >= 15 is 0 Å². The van der Waals surface area contributed by atoms with Crippen LogP contribution in [0.5, 0.6) is 0 Å². The van der Waals surface area contributed by atoms with Crippen LogP contribution in [0.15, 0.2) is 59.5 Å². The van der Waals surface area contributed by atoms with Crippen LogP contribution < -0.4 is 10.7 Å². The largest absolute Gasteiger partial charge is 0.334 e. The number of likely N-dealkylation sites (tertiary alicyclic amines) is 1. The van der Waals surface area contributed by atoms with Gasteiger partial charge in [-0.15, -0.1) is 0 Å². The van der Waals surface area contributed by atoms with Gasteiger partial charge < -0.3 is 14.8 Å². The number of aromatic nitrogens is 1. The van der Waals surface area contributed by atoms with Crippen molar-refractivity contribution >= 4 is 28.5 Å². The standard InChI is InChI=1S/C22H22ClN3O2/c23-17-9-10-19-20(13-17)26(18-7-3-1-4-8-18)15-16(21(19)27)14-24-22(28)25-11-5-2-6-12-25/h1,3-4,7-10,13,15H,2,5-6,11-12,14H2,(H,24,28). The SMILES string of the molecule is O=C(NCc1cn(-c2ccccc2)c2cc(Cl)ccc2c1=O)N1CCCCC1. The molecule has 0 atom stereocenters. The summed E-state index contributed by atoms with van der Waals surface area (Å²) in [6.45, 7) is 1.74. The van der Waals surface area contributed by atoms with E-state index in [1.54, 1.807) is 24.4 Å². The van der Waals surface area contributed by atoms with Crippen molar-refractivity contribution < 1.29 is 4.79 Å². The first kappa shape index (κ1) is 18.6. The minimum absolute atomic E-state index is 0.0854. The Bertz CT molecular complexity index is 1060. The van der Waals surface area contributed by atoms with Gasteiger partial charge in [0.05, 0.1) is 5.52 Å². The quantitative estimate of drug-likeness (QED) is 0.717. The zero-order chi connectivity index (χ0) is 19.5. The Hall–Kier alpha value is -2.79. The van der Waals surface area contributed by atoms with Crippen LogP contribution in [0, 0.1) is 0 Å². The van der Waals surface area contributed by atoms with Gasteiger partial charge in [-0.05, 0) is 49.6 Å². The molecule has 0 spiro atoms. The summed E-state index contributed by atoms with van der Waals surface area (Å²) < 4.78 is 1.95. The lowest BCUT2D eigenvalue weighted by Crippen LogP contribution is -2.43. The van der Waals surface area contributed by atoms with Gasteiger partial charge in [0.1, 0.15) is 0 Å². The number of nitrogens with one attached hydrogen (secondary N) is 1. The molecule has 1 aromatic heterocycles. The van der Waals surface area contributed by atoms with Crippen molar-refractivity contribution in [1.29, 1.82) is 0 Å². The number of para-hydroxylation sites is 1. The average Bonchev–Trinajstić information content (AvgIpc) is 2.74. The lowest BCUT2D eigenvalue weighted by Gasteiger charge is -2.26. The first-order valence-corrected chi connectivity index (χ1v) is 9.93. The van der Waals surface area contributed by atoms with E-state index in [0.29, 0.717) is 16.0 Å². The topological polar surface area (TPSA) is 54.3 Å². The number of fused-ring (bicyclic) bond motifs is 1. The van der Waals surface area contributed by atoms with Crippen LogP contribution in [0.1, 0.15) is 24.8 Å². The third-order valence-corrected chi connectivity index (χ3v) is 5.38. The van der Waals surface area contributed by atoms with E-state index in [4.69, 9.17) is 11.6 Å². The van der Waals surface area contributed by atoms with Crippen LogP contribution in [0.4, 0.5) is 4.79 Å². The van der Waals surface area contributed by atoms with E-state index in [2.05, 4.69) is 5.32 Å². The van der Waals surface area contributed by atoms with Gasteiger partial charge in [-0.25, -0.2) is 4.79 Å². The summed E-state index contributed by atoms with van der Waals surface area (Å²) in [6, 6.07) is 14.9. The monoisotopic (exact) mass is 395 g/mol. The maximum Gasteiger partial charge on any atom is 0.317 e. The maximum absolute atomic E-state index is 13.0. The number of hydrogen-bond donors (Lipinski definition) is 1. The molecular formula is C22H22ClN3O2. The van der Waals surface area contributed by atoms with Gasteiger partial charge in [0.25, 0.3) is 0 Å². The number of carbonyl (C=O) groups is 1. The summed E-state index contributed by atoms with van der Waals surface area (Å²) in [6.07, 6.45) is 5.03. The maximum atomic E-state index is 13.0. The third-order valence-electron chi connectivity index (χ3n) is 5.15. The first-order chi connectivity index (χ1) is 13.6. The molecule has 0 saturated carbocycles. The zero-order valence-electron chi connectivity index (χ0n) is 15.5. The van der Waals surface area contributed by atoms with Crippen LogP contribution in [-0.4, -0.2) is 28.6 Å². The van der Waals surface area contributed by atoms with Crippen LogP contribution >= 0.6 is 11.6 Å². The summed E-state index contributed by atoms with van der Waals surface area (Å²) in [5.74, 6) is 0. The Morgan fingerprint density at radius 3 is 2.54 bits per heavy atom.